The van der Waals surface area contributed by atoms with Crippen molar-refractivity contribution in [1.29, 1.82) is 0 Å². The van der Waals surface area contributed by atoms with Crippen molar-refractivity contribution in [2.45, 2.75) is 24.8 Å². The Morgan fingerprint density at radius 3 is 2.81 bits per heavy atom. The number of hydrogen-bond acceptors (Lipinski definition) is 5. The first-order valence-electron chi connectivity index (χ1n) is 7.86. The summed E-state index contributed by atoms with van der Waals surface area (Å²) in [6.07, 6.45) is 8.53. The van der Waals surface area contributed by atoms with E-state index in [1.807, 2.05) is 13.8 Å². The van der Waals surface area contributed by atoms with Crippen LogP contribution in [0.25, 0.3) is 10.9 Å². The number of ether oxygens (including phenoxy) is 2. The van der Waals surface area contributed by atoms with Crippen LogP contribution in [0.1, 0.15) is 19.4 Å². The van der Waals surface area contributed by atoms with Crippen LogP contribution in [0.3, 0.4) is 0 Å². The van der Waals surface area contributed by atoms with Crippen LogP contribution < -0.4 is 10.1 Å². The molecule has 1 aromatic heterocycles. The number of fused-ring (bicyclic) bond motifs is 1. The van der Waals surface area contributed by atoms with Crippen molar-refractivity contribution in [3.05, 3.63) is 35.8 Å². The normalized spacial score (nSPS) is 12.5. The molecule has 7 heteroatoms. The zero-order chi connectivity index (χ0) is 19.3. The van der Waals surface area contributed by atoms with Gasteiger partial charge in [-0.2, -0.15) is 0 Å². The number of methoxy groups -OCH3 is 1. The van der Waals surface area contributed by atoms with Gasteiger partial charge in [-0.05, 0) is 32.2 Å². The average Bonchev–Trinajstić information content (AvgIpc) is 2.58. The van der Waals surface area contributed by atoms with Gasteiger partial charge in [-0.25, -0.2) is 4.39 Å². The highest BCUT2D eigenvalue weighted by molar-refractivity contribution is 7.99. The molecule has 0 aliphatic heterocycles. The van der Waals surface area contributed by atoms with Gasteiger partial charge in [-0.15, -0.1) is 18.2 Å². The predicted octanol–water partition coefficient (Wildman–Crippen LogP) is 2.96. The fourth-order valence-electron chi connectivity index (χ4n) is 2.45. The Kier molecular flexibility index (Phi) is 6.46. The zero-order valence-corrected chi connectivity index (χ0v) is 15.9. The van der Waals surface area contributed by atoms with Crippen molar-refractivity contribution < 1.29 is 18.7 Å². The lowest BCUT2D eigenvalue weighted by molar-refractivity contribution is -0.126. The molecule has 1 unspecified atom stereocenters. The zero-order valence-electron chi connectivity index (χ0n) is 15.1. The molecule has 0 aliphatic carbocycles. The fraction of sp³-hybridized carbons (Fsp3) is 0.368. The van der Waals surface area contributed by atoms with Gasteiger partial charge in [-0.3, -0.25) is 9.78 Å². The number of terminal acetylenes is 1. The molecule has 2 rings (SSSR count). The molecule has 26 heavy (non-hydrogen) atoms. The molecule has 1 atom stereocenters. The number of nitrogens with one attached hydrogen (secondary N) is 1. The fourth-order valence-corrected chi connectivity index (χ4v) is 2.93. The molecule has 1 N–H and O–H groups in total. The first-order valence-corrected chi connectivity index (χ1v) is 9.15. The first kappa shape index (κ1) is 20.0. The van der Waals surface area contributed by atoms with Gasteiger partial charge in [0.1, 0.15) is 11.3 Å². The summed E-state index contributed by atoms with van der Waals surface area (Å²) in [7, 11) is 1.56. The highest BCUT2D eigenvalue weighted by Gasteiger charge is 2.27. The molecular weight excluding hydrogens is 355 g/mol. The predicted molar refractivity (Wildman–Crippen MR) is 102 cm³/mol. The molecule has 0 radical (unpaired) electrons. The monoisotopic (exact) mass is 376 g/mol. The topological polar surface area (TPSA) is 60.5 Å². The second-order valence-corrected chi connectivity index (χ2v) is 7.24. The summed E-state index contributed by atoms with van der Waals surface area (Å²) in [5.41, 5.74) is -0.660. The number of pyridine rings is 1. The van der Waals surface area contributed by atoms with Crippen LogP contribution in [0.4, 0.5) is 4.39 Å². The number of benzene rings is 1. The smallest absolute Gasteiger partial charge is 0.272 e. The molecule has 0 spiro atoms. The molecule has 138 valence electrons. The lowest BCUT2D eigenvalue weighted by Crippen LogP contribution is -2.50. The number of carbonyl (C=O) groups excluding carboxylic acids is 1. The van der Waals surface area contributed by atoms with Gasteiger partial charge >= 0.3 is 0 Å². The van der Waals surface area contributed by atoms with Crippen LogP contribution in [0, 0.1) is 18.2 Å². The van der Waals surface area contributed by atoms with Crippen LogP contribution in [0.5, 0.6) is 5.75 Å². The molecule has 0 saturated heterocycles. The molecule has 0 fully saturated rings. The van der Waals surface area contributed by atoms with Gasteiger partial charge < -0.3 is 14.8 Å². The average molecular weight is 376 g/mol. The first-order chi connectivity index (χ1) is 12.3. The molecule has 1 amide bonds. The summed E-state index contributed by atoms with van der Waals surface area (Å²) in [4.78, 5) is 16.5. The summed E-state index contributed by atoms with van der Waals surface area (Å²) in [6, 6.07) is 4.47. The maximum Gasteiger partial charge on any atom is 0.272 e. The molecule has 1 heterocycles. The van der Waals surface area contributed by atoms with Crippen molar-refractivity contribution in [2.75, 3.05) is 20.0 Å². The molecule has 5 nitrogen and oxygen atoms in total. The van der Waals surface area contributed by atoms with E-state index in [0.29, 0.717) is 17.6 Å². The number of thioether (sulfide) groups is 1. The number of aromatic nitrogens is 1. The van der Waals surface area contributed by atoms with E-state index in [-0.39, 0.29) is 17.2 Å². The van der Waals surface area contributed by atoms with Crippen LogP contribution in [0.2, 0.25) is 0 Å². The number of carbonyl (C=O) groups is 1. The third-order valence-corrected chi connectivity index (χ3v) is 4.25. The third-order valence-electron chi connectivity index (χ3n) is 3.51. The van der Waals surface area contributed by atoms with Crippen molar-refractivity contribution in [1.82, 2.24) is 10.3 Å². The van der Waals surface area contributed by atoms with E-state index < -0.39 is 16.8 Å². The maximum absolute atomic E-state index is 14.3. The van der Waals surface area contributed by atoms with Crippen molar-refractivity contribution in [3.8, 4) is 18.1 Å². The highest BCUT2D eigenvalue weighted by Crippen LogP contribution is 2.26. The molecule has 1 aromatic carbocycles. The van der Waals surface area contributed by atoms with E-state index in [4.69, 9.17) is 15.9 Å². The van der Waals surface area contributed by atoms with Crippen LogP contribution >= 0.6 is 11.8 Å². The van der Waals surface area contributed by atoms with Crippen molar-refractivity contribution in [2.24, 2.45) is 0 Å². The van der Waals surface area contributed by atoms with E-state index in [1.54, 1.807) is 25.5 Å². The SMILES string of the molecule is C#Cc1cnc2c(F)cc(OC(SC)C(=O)NC(C)(C)COC)cc2c1. The summed E-state index contributed by atoms with van der Waals surface area (Å²) in [5, 5.41) is 3.37. The van der Waals surface area contributed by atoms with E-state index in [0.717, 1.165) is 0 Å². The Morgan fingerprint density at radius 1 is 1.46 bits per heavy atom. The van der Waals surface area contributed by atoms with Crippen LogP contribution in [-0.2, 0) is 9.53 Å². The van der Waals surface area contributed by atoms with Gasteiger partial charge in [0, 0.05) is 30.3 Å². The van der Waals surface area contributed by atoms with Crippen LogP contribution in [-0.4, -0.2) is 41.8 Å². The summed E-state index contributed by atoms with van der Waals surface area (Å²) in [6.45, 7) is 4.04. The number of amides is 1. The molecule has 2 aromatic rings. The minimum absolute atomic E-state index is 0.197. The Hall–Kier alpha value is -2.30. The second-order valence-electron chi connectivity index (χ2n) is 6.34. The van der Waals surface area contributed by atoms with Crippen molar-refractivity contribution >= 4 is 28.6 Å². The molecule has 0 saturated carbocycles. The third kappa shape index (κ3) is 4.87. The number of hydrogen-bond donors (Lipinski definition) is 1. The van der Waals surface area contributed by atoms with Crippen LogP contribution in [0.15, 0.2) is 24.4 Å². The summed E-state index contributed by atoms with van der Waals surface area (Å²) < 4.78 is 25.1. The van der Waals surface area contributed by atoms with Crippen molar-refractivity contribution in [3.63, 3.8) is 0 Å². The van der Waals surface area contributed by atoms with E-state index in [9.17, 15) is 9.18 Å². The number of halogens is 1. The quantitative estimate of drug-likeness (QED) is 0.595. The molecular formula is C19H21FN2O3S. The van der Waals surface area contributed by atoms with E-state index in [1.165, 1.54) is 24.0 Å². The largest absolute Gasteiger partial charge is 0.470 e. The molecule has 0 aliphatic rings. The minimum atomic E-state index is -0.841. The van der Waals surface area contributed by atoms with E-state index >= 15 is 0 Å². The molecule has 0 bridgehead atoms. The van der Waals surface area contributed by atoms with Gasteiger partial charge in [0.15, 0.2) is 5.82 Å². The maximum atomic E-state index is 14.3. The lowest BCUT2D eigenvalue weighted by atomic mass is 10.1. The Balaban J connectivity index is 2.24. The standard InChI is InChI=1S/C19H21FN2O3S/c1-6-12-7-13-8-14(9-15(20)16(13)21-10-12)25-18(26-5)17(23)22-19(2,3)11-24-4/h1,7-10,18H,11H2,2-5H3,(H,22,23). The Morgan fingerprint density at radius 2 is 2.19 bits per heavy atom. The van der Waals surface area contributed by atoms with Gasteiger partial charge in [0.05, 0.1) is 12.1 Å². The Bertz CT molecular complexity index is 849. The minimum Gasteiger partial charge on any atom is -0.470 e. The van der Waals surface area contributed by atoms with Gasteiger partial charge in [0.25, 0.3) is 5.91 Å². The summed E-state index contributed by atoms with van der Waals surface area (Å²) in [5.74, 6) is 1.82. The summed E-state index contributed by atoms with van der Waals surface area (Å²) >= 11 is 1.21. The van der Waals surface area contributed by atoms with Gasteiger partial charge in [0.2, 0.25) is 5.44 Å². The lowest BCUT2D eigenvalue weighted by Gasteiger charge is -2.27. The number of rotatable bonds is 7. The highest BCUT2D eigenvalue weighted by atomic mass is 32.2. The Labute approximate surface area is 156 Å². The number of nitrogens with zero attached hydrogens (tertiary/aromatic N) is 1. The van der Waals surface area contributed by atoms with Gasteiger partial charge in [-0.1, -0.05) is 5.92 Å². The second kappa shape index (κ2) is 8.39. The van der Waals surface area contributed by atoms with E-state index in [2.05, 4.69) is 16.2 Å².